The van der Waals surface area contributed by atoms with E-state index < -0.39 is 5.97 Å². The number of aliphatic imine (C=N–C) groups is 1. The number of carbonyl (C=O) groups is 2. The third-order valence-electron chi connectivity index (χ3n) is 4.60. The van der Waals surface area contributed by atoms with E-state index in [4.69, 9.17) is 26.2 Å². The number of thioether (sulfide) groups is 1. The van der Waals surface area contributed by atoms with Crippen LogP contribution in [0, 0.1) is 0 Å². The van der Waals surface area contributed by atoms with Gasteiger partial charge >= 0.3 is 5.97 Å². The molecule has 1 saturated heterocycles. The van der Waals surface area contributed by atoms with E-state index >= 15 is 0 Å². The Kier molecular flexibility index (Phi) is 7.82. The second-order valence-corrected chi connectivity index (χ2v) is 8.16. The van der Waals surface area contributed by atoms with Crippen LogP contribution >= 0.6 is 23.4 Å². The molecule has 1 fully saturated rings. The molecule has 1 aliphatic rings. The first kappa shape index (κ1) is 23.7. The number of rotatable bonds is 8. The molecule has 0 aliphatic carbocycles. The lowest BCUT2D eigenvalue weighted by Crippen LogP contribution is -2.28. The summed E-state index contributed by atoms with van der Waals surface area (Å²) in [6.07, 6.45) is 1.75. The van der Waals surface area contributed by atoms with Crippen LogP contribution in [0.3, 0.4) is 0 Å². The van der Waals surface area contributed by atoms with Crippen molar-refractivity contribution in [3.63, 3.8) is 0 Å². The zero-order valence-electron chi connectivity index (χ0n) is 17.9. The molecule has 7 nitrogen and oxygen atoms in total. The van der Waals surface area contributed by atoms with Crippen molar-refractivity contribution in [2.45, 2.75) is 20.5 Å². The van der Waals surface area contributed by atoms with Gasteiger partial charge in [0.15, 0.2) is 16.7 Å². The molecule has 0 saturated carbocycles. The van der Waals surface area contributed by atoms with E-state index in [-0.39, 0.29) is 18.1 Å². The van der Waals surface area contributed by atoms with Gasteiger partial charge < -0.3 is 14.6 Å². The molecule has 1 amide bonds. The van der Waals surface area contributed by atoms with Gasteiger partial charge in [0.05, 0.1) is 22.6 Å². The van der Waals surface area contributed by atoms with Crippen molar-refractivity contribution in [1.82, 2.24) is 4.90 Å². The van der Waals surface area contributed by atoms with Gasteiger partial charge in [-0.3, -0.25) is 14.7 Å². The SMILES string of the molecule is CCN=C1S/C(=C/c2cc(Cl)c(OCc3cccc(C(=O)O)c3)c(OC)c2)C(=O)N1CC. The van der Waals surface area contributed by atoms with Crippen LogP contribution in [-0.4, -0.2) is 47.2 Å². The Balaban J connectivity index is 1.85. The summed E-state index contributed by atoms with van der Waals surface area (Å²) < 4.78 is 11.3. The van der Waals surface area contributed by atoms with Gasteiger partial charge in [-0.2, -0.15) is 0 Å². The van der Waals surface area contributed by atoms with Crippen LogP contribution < -0.4 is 9.47 Å². The molecule has 3 rings (SSSR count). The van der Waals surface area contributed by atoms with E-state index in [1.165, 1.54) is 24.9 Å². The van der Waals surface area contributed by atoms with Crippen molar-refractivity contribution in [3.8, 4) is 11.5 Å². The molecule has 168 valence electrons. The standard InChI is InChI=1S/C23H23ClN2O5S/c1-4-25-23-26(5-2)21(27)19(32-23)12-15-10-17(24)20(18(11-15)30-3)31-13-14-7-6-8-16(9-14)22(28)29/h6-12H,4-5,13H2,1-3H3,(H,28,29)/b19-12+,25-23?. The first-order valence-corrected chi connectivity index (χ1v) is 11.2. The van der Waals surface area contributed by atoms with Crippen LogP contribution in [0.4, 0.5) is 0 Å². The second kappa shape index (κ2) is 10.6. The molecule has 32 heavy (non-hydrogen) atoms. The number of carboxylic acids is 1. The van der Waals surface area contributed by atoms with E-state index in [1.807, 2.05) is 13.8 Å². The molecule has 9 heteroatoms. The number of ether oxygens (including phenoxy) is 2. The number of amidine groups is 1. The number of aromatic carboxylic acids is 1. The Labute approximate surface area is 195 Å². The number of amides is 1. The lowest BCUT2D eigenvalue weighted by molar-refractivity contribution is -0.122. The smallest absolute Gasteiger partial charge is 0.335 e. The molecular weight excluding hydrogens is 452 g/mol. The molecule has 1 N–H and O–H groups in total. The van der Waals surface area contributed by atoms with Crippen molar-refractivity contribution >= 4 is 46.5 Å². The highest BCUT2D eigenvalue weighted by Gasteiger charge is 2.32. The largest absolute Gasteiger partial charge is 0.493 e. The molecule has 0 spiro atoms. The van der Waals surface area contributed by atoms with Crippen LogP contribution in [0.5, 0.6) is 11.5 Å². The number of methoxy groups -OCH3 is 1. The summed E-state index contributed by atoms with van der Waals surface area (Å²) in [4.78, 5) is 30.4. The summed E-state index contributed by atoms with van der Waals surface area (Å²) in [6, 6.07) is 9.91. The first-order valence-electron chi connectivity index (χ1n) is 9.96. The highest BCUT2D eigenvalue weighted by Crippen LogP contribution is 2.39. The predicted molar refractivity (Wildman–Crippen MR) is 127 cm³/mol. The van der Waals surface area contributed by atoms with Gasteiger partial charge in [-0.05, 0) is 67.1 Å². The number of likely N-dealkylation sites (N-methyl/N-ethyl adjacent to an activating group) is 1. The van der Waals surface area contributed by atoms with Crippen LogP contribution in [0.15, 0.2) is 46.3 Å². The lowest BCUT2D eigenvalue weighted by Gasteiger charge is -2.14. The number of hydrogen-bond acceptors (Lipinski definition) is 6. The molecule has 2 aromatic rings. The minimum absolute atomic E-state index is 0.0987. The van der Waals surface area contributed by atoms with Crippen molar-refractivity contribution in [2.24, 2.45) is 4.99 Å². The normalized spacial score (nSPS) is 16.1. The molecule has 0 radical (unpaired) electrons. The molecule has 1 aliphatic heterocycles. The minimum Gasteiger partial charge on any atom is -0.493 e. The number of benzene rings is 2. The zero-order valence-corrected chi connectivity index (χ0v) is 19.5. The maximum atomic E-state index is 12.7. The van der Waals surface area contributed by atoms with E-state index in [1.54, 1.807) is 41.3 Å². The van der Waals surface area contributed by atoms with Gasteiger partial charge in [0.25, 0.3) is 5.91 Å². The van der Waals surface area contributed by atoms with Crippen molar-refractivity contribution in [1.29, 1.82) is 0 Å². The molecule has 0 unspecified atom stereocenters. The number of carbonyl (C=O) groups excluding carboxylic acids is 1. The Morgan fingerprint density at radius 3 is 2.72 bits per heavy atom. The average molecular weight is 475 g/mol. The van der Waals surface area contributed by atoms with E-state index in [0.29, 0.717) is 50.8 Å². The highest BCUT2D eigenvalue weighted by atomic mass is 35.5. The maximum Gasteiger partial charge on any atom is 0.335 e. The Morgan fingerprint density at radius 1 is 1.28 bits per heavy atom. The number of hydrogen-bond donors (Lipinski definition) is 1. The van der Waals surface area contributed by atoms with Gasteiger partial charge in [0.1, 0.15) is 6.61 Å². The molecule has 0 bridgehead atoms. The van der Waals surface area contributed by atoms with Crippen LogP contribution in [0.25, 0.3) is 6.08 Å². The van der Waals surface area contributed by atoms with E-state index in [2.05, 4.69) is 4.99 Å². The monoisotopic (exact) mass is 474 g/mol. The number of carboxylic acid groups (broad SMARTS) is 1. The highest BCUT2D eigenvalue weighted by molar-refractivity contribution is 8.18. The summed E-state index contributed by atoms with van der Waals surface area (Å²) in [6.45, 7) is 5.09. The topological polar surface area (TPSA) is 88.4 Å². The Morgan fingerprint density at radius 2 is 2.06 bits per heavy atom. The fraction of sp³-hybridized carbons (Fsp3) is 0.261. The minimum atomic E-state index is -1.01. The second-order valence-electron chi connectivity index (χ2n) is 6.75. The number of halogens is 1. The van der Waals surface area contributed by atoms with E-state index in [9.17, 15) is 9.59 Å². The van der Waals surface area contributed by atoms with Gasteiger partial charge in [-0.15, -0.1) is 0 Å². The Hall–Kier alpha value is -2.97. The van der Waals surface area contributed by atoms with E-state index in [0.717, 1.165) is 0 Å². The van der Waals surface area contributed by atoms with Crippen LogP contribution in [0.2, 0.25) is 5.02 Å². The maximum absolute atomic E-state index is 12.7. The Bertz CT molecular complexity index is 1100. The van der Waals surface area contributed by atoms with Gasteiger partial charge in [0, 0.05) is 13.1 Å². The van der Waals surface area contributed by atoms with Crippen LogP contribution in [-0.2, 0) is 11.4 Å². The summed E-state index contributed by atoms with van der Waals surface area (Å²) >= 11 is 7.79. The molecular formula is C23H23ClN2O5S. The van der Waals surface area contributed by atoms with Crippen molar-refractivity contribution in [2.75, 3.05) is 20.2 Å². The lowest BCUT2D eigenvalue weighted by atomic mass is 10.1. The average Bonchev–Trinajstić information content (AvgIpc) is 3.06. The number of nitrogens with zero attached hydrogens (tertiary/aromatic N) is 2. The fourth-order valence-electron chi connectivity index (χ4n) is 3.10. The zero-order chi connectivity index (χ0) is 23.3. The molecule has 2 aromatic carbocycles. The fourth-order valence-corrected chi connectivity index (χ4v) is 4.48. The first-order chi connectivity index (χ1) is 15.4. The van der Waals surface area contributed by atoms with Gasteiger partial charge in [-0.25, -0.2) is 4.79 Å². The summed E-state index contributed by atoms with van der Waals surface area (Å²) in [5.74, 6) is -0.360. The van der Waals surface area contributed by atoms with Gasteiger partial charge in [0.2, 0.25) is 0 Å². The summed E-state index contributed by atoms with van der Waals surface area (Å²) in [5, 5.41) is 10.1. The summed E-state index contributed by atoms with van der Waals surface area (Å²) in [5.41, 5.74) is 1.55. The van der Waals surface area contributed by atoms with Crippen LogP contribution in [0.1, 0.15) is 35.3 Å². The predicted octanol–water partition coefficient (Wildman–Crippen LogP) is 4.94. The van der Waals surface area contributed by atoms with Gasteiger partial charge in [-0.1, -0.05) is 23.7 Å². The molecule has 0 aromatic heterocycles. The quantitative estimate of drug-likeness (QED) is 0.545. The third-order valence-corrected chi connectivity index (χ3v) is 5.93. The van der Waals surface area contributed by atoms with Crippen molar-refractivity contribution in [3.05, 3.63) is 63.0 Å². The molecule has 1 heterocycles. The third kappa shape index (κ3) is 5.26. The molecule has 0 atom stereocenters. The van der Waals surface area contributed by atoms with Crippen molar-refractivity contribution < 1.29 is 24.2 Å². The summed E-state index contributed by atoms with van der Waals surface area (Å²) in [7, 11) is 1.50.